The Morgan fingerprint density at radius 1 is 1.10 bits per heavy atom. The highest BCUT2D eigenvalue weighted by atomic mass is 16.5. The first kappa shape index (κ1) is 21.2. The van der Waals surface area contributed by atoms with Crippen molar-refractivity contribution in [1.29, 1.82) is 0 Å². The number of carbonyl (C=O) groups excluding carboxylic acids is 1. The number of nitrogens with zero attached hydrogens (tertiary/aromatic N) is 5. The van der Waals surface area contributed by atoms with Crippen molar-refractivity contribution in [3.8, 4) is 0 Å². The van der Waals surface area contributed by atoms with E-state index < -0.39 is 18.3 Å². The molecule has 0 spiro atoms. The third kappa shape index (κ3) is 4.65. The van der Waals surface area contributed by atoms with E-state index in [0.29, 0.717) is 45.3 Å². The molecule has 0 unspecified atom stereocenters. The summed E-state index contributed by atoms with van der Waals surface area (Å²) in [4.78, 5) is 27.0. The quantitative estimate of drug-likeness (QED) is 0.501. The van der Waals surface area contributed by atoms with E-state index in [4.69, 9.17) is 9.47 Å². The number of ether oxygens (including phenoxy) is 2. The highest BCUT2D eigenvalue weighted by Gasteiger charge is 2.47. The third-order valence-electron chi connectivity index (χ3n) is 5.96. The molecule has 166 valence electrons. The van der Waals surface area contributed by atoms with Gasteiger partial charge < -0.3 is 34.8 Å². The minimum absolute atomic E-state index is 0.159. The fourth-order valence-corrected chi connectivity index (χ4v) is 4.34. The average molecular weight is 422 g/mol. The number of nitrogens with one attached hydrogen (secondary N) is 1. The molecule has 2 amide bonds. The molecule has 11 heteroatoms. The number of hydrogen-bond donors (Lipinski definition) is 3. The van der Waals surface area contributed by atoms with Crippen molar-refractivity contribution in [2.45, 2.75) is 24.4 Å². The molecule has 0 aromatic carbocycles. The van der Waals surface area contributed by atoms with Gasteiger partial charge in [0.1, 0.15) is 12.2 Å². The molecule has 0 aliphatic carbocycles. The molecule has 1 aromatic heterocycles. The first-order chi connectivity index (χ1) is 14.7. The van der Waals surface area contributed by atoms with E-state index in [1.54, 1.807) is 23.4 Å². The summed E-state index contributed by atoms with van der Waals surface area (Å²) in [6.07, 6.45) is 1.57. The summed E-state index contributed by atoms with van der Waals surface area (Å²) in [5.74, 6) is 0.697. The fraction of sp³-hybridized carbons (Fsp3) is 0.737. The second-order valence-corrected chi connectivity index (χ2v) is 7.73. The van der Waals surface area contributed by atoms with Gasteiger partial charge in [0.25, 0.3) is 0 Å². The number of morpholine rings is 1. The average Bonchev–Trinajstić information content (AvgIpc) is 3.14. The van der Waals surface area contributed by atoms with Crippen molar-refractivity contribution < 1.29 is 24.5 Å². The Morgan fingerprint density at radius 3 is 2.47 bits per heavy atom. The Balaban J connectivity index is 1.35. The summed E-state index contributed by atoms with van der Waals surface area (Å²) in [7, 11) is 0. The van der Waals surface area contributed by atoms with Crippen molar-refractivity contribution in [1.82, 2.24) is 25.1 Å². The predicted molar refractivity (Wildman–Crippen MR) is 107 cm³/mol. The number of aliphatic hydroxyl groups excluding tert-OH is 2. The van der Waals surface area contributed by atoms with Crippen LogP contribution in [-0.2, 0) is 9.47 Å². The monoisotopic (exact) mass is 422 g/mol. The Kier molecular flexibility index (Phi) is 6.95. The summed E-state index contributed by atoms with van der Waals surface area (Å²) in [6.45, 7) is 5.07. The molecule has 4 heterocycles. The maximum Gasteiger partial charge on any atom is 0.317 e. The van der Waals surface area contributed by atoms with E-state index in [2.05, 4.69) is 25.1 Å². The zero-order valence-electron chi connectivity index (χ0n) is 17.0. The van der Waals surface area contributed by atoms with Crippen LogP contribution in [0.5, 0.6) is 0 Å². The van der Waals surface area contributed by atoms with Gasteiger partial charge in [0, 0.05) is 58.2 Å². The summed E-state index contributed by atoms with van der Waals surface area (Å²) >= 11 is 0. The SMILES string of the molecule is O=C(NC[C@H]1O[C@@H](CO)[C@@H](O)[C@@H]1N1CCN(c2ncccn2)CC1)N1CCOCC1. The number of amides is 2. The van der Waals surface area contributed by atoms with Crippen molar-refractivity contribution >= 4 is 12.0 Å². The molecule has 3 saturated heterocycles. The number of aliphatic hydroxyl groups is 2. The van der Waals surface area contributed by atoms with Crippen LogP contribution in [0.3, 0.4) is 0 Å². The Labute approximate surface area is 175 Å². The van der Waals surface area contributed by atoms with Crippen LogP contribution in [0.2, 0.25) is 0 Å². The first-order valence-electron chi connectivity index (χ1n) is 10.5. The zero-order valence-corrected chi connectivity index (χ0v) is 17.0. The number of rotatable bonds is 5. The molecular formula is C19H30N6O5. The molecule has 3 aliphatic heterocycles. The zero-order chi connectivity index (χ0) is 20.9. The predicted octanol–water partition coefficient (Wildman–Crippen LogP) is -1.87. The lowest BCUT2D eigenvalue weighted by atomic mass is 10.0. The molecule has 1 aromatic rings. The molecule has 0 saturated carbocycles. The van der Waals surface area contributed by atoms with Crippen LogP contribution in [0.4, 0.5) is 10.7 Å². The fourth-order valence-electron chi connectivity index (χ4n) is 4.34. The number of aromatic nitrogens is 2. The lowest BCUT2D eigenvalue weighted by Crippen LogP contribution is -2.58. The van der Waals surface area contributed by atoms with Crippen LogP contribution in [0.25, 0.3) is 0 Å². The first-order valence-corrected chi connectivity index (χ1v) is 10.5. The van der Waals surface area contributed by atoms with E-state index in [1.807, 2.05) is 0 Å². The number of carbonyl (C=O) groups is 1. The second-order valence-electron chi connectivity index (χ2n) is 7.73. The van der Waals surface area contributed by atoms with E-state index in [-0.39, 0.29) is 25.2 Å². The van der Waals surface area contributed by atoms with E-state index in [9.17, 15) is 15.0 Å². The van der Waals surface area contributed by atoms with Crippen molar-refractivity contribution in [3.63, 3.8) is 0 Å². The molecule has 0 radical (unpaired) electrons. The Hall–Kier alpha value is -2.05. The smallest absolute Gasteiger partial charge is 0.317 e. The van der Waals surface area contributed by atoms with Gasteiger partial charge in [-0.2, -0.15) is 0 Å². The molecule has 30 heavy (non-hydrogen) atoms. The van der Waals surface area contributed by atoms with Gasteiger partial charge in [-0.05, 0) is 6.07 Å². The van der Waals surface area contributed by atoms with Gasteiger partial charge in [-0.15, -0.1) is 0 Å². The van der Waals surface area contributed by atoms with Crippen LogP contribution in [-0.4, -0.2) is 126 Å². The van der Waals surface area contributed by atoms with Crippen LogP contribution in [0, 0.1) is 0 Å². The second kappa shape index (κ2) is 9.84. The molecule has 3 fully saturated rings. The number of hydrogen-bond acceptors (Lipinski definition) is 9. The summed E-state index contributed by atoms with van der Waals surface area (Å²) in [5.41, 5.74) is 0. The Morgan fingerprint density at radius 2 is 1.80 bits per heavy atom. The van der Waals surface area contributed by atoms with Crippen LogP contribution < -0.4 is 10.2 Å². The lowest BCUT2D eigenvalue weighted by molar-refractivity contribution is -0.0211. The van der Waals surface area contributed by atoms with Crippen molar-refractivity contribution in [2.24, 2.45) is 0 Å². The number of piperazine rings is 1. The summed E-state index contributed by atoms with van der Waals surface area (Å²) < 4.78 is 11.2. The van der Waals surface area contributed by atoms with Crippen molar-refractivity contribution in [2.75, 3.05) is 70.5 Å². The standard InChI is InChI=1S/C19H30N6O5/c26-13-15-17(27)16(14(30-15)12-22-19(28)25-8-10-29-11-9-25)23-4-6-24(7-5-23)18-20-2-1-3-21-18/h1-3,14-17,26-27H,4-13H2,(H,22,28)/t14-,15+,16-,17-/m1/s1. The van der Waals surface area contributed by atoms with Crippen LogP contribution in [0.1, 0.15) is 0 Å². The minimum atomic E-state index is -0.820. The molecule has 4 atom stereocenters. The van der Waals surface area contributed by atoms with Gasteiger partial charge in [0.15, 0.2) is 0 Å². The summed E-state index contributed by atoms with van der Waals surface area (Å²) in [6, 6.07) is 1.33. The highest BCUT2D eigenvalue weighted by molar-refractivity contribution is 5.74. The largest absolute Gasteiger partial charge is 0.394 e. The van der Waals surface area contributed by atoms with Gasteiger partial charge in [-0.1, -0.05) is 0 Å². The molecule has 3 N–H and O–H groups in total. The maximum absolute atomic E-state index is 12.4. The molecule has 4 rings (SSSR count). The molecular weight excluding hydrogens is 392 g/mol. The normalized spacial score (nSPS) is 30.5. The lowest BCUT2D eigenvalue weighted by Gasteiger charge is -2.40. The van der Waals surface area contributed by atoms with Gasteiger partial charge in [0.2, 0.25) is 5.95 Å². The summed E-state index contributed by atoms with van der Waals surface area (Å²) in [5, 5.41) is 23.3. The van der Waals surface area contributed by atoms with Crippen LogP contribution >= 0.6 is 0 Å². The van der Waals surface area contributed by atoms with Gasteiger partial charge in [-0.3, -0.25) is 4.90 Å². The third-order valence-corrected chi connectivity index (χ3v) is 5.96. The van der Waals surface area contributed by atoms with Crippen LogP contribution in [0.15, 0.2) is 18.5 Å². The molecule has 0 bridgehead atoms. The Bertz CT molecular complexity index is 683. The number of anilines is 1. The maximum atomic E-state index is 12.4. The number of urea groups is 1. The van der Waals surface area contributed by atoms with E-state index in [1.165, 1.54) is 0 Å². The van der Waals surface area contributed by atoms with Gasteiger partial charge >= 0.3 is 6.03 Å². The topological polar surface area (TPSA) is 124 Å². The van der Waals surface area contributed by atoms with Crippen molar-refractivity contribution in [3.05, 3.63) is 18.5 Å². The van der Waals surface area contributed by atoms with Gasteiger partial charge in [-0.25, -0.2) is 14.8 Å². The van der Waals surface area contributed by atoms with E-state index >= 15 is 0 Å². The molecule has 11 nitrogen and oxygen atoms in total. The highest BCUT2D eigenvalue weighted by Crippen LogP contribution is 2.27. The van der Waals surface area contributed by atoms with Gasteiger partial charge in [0.05, 0.1) is 32.0 Å². The van der Waals surface area contributed by atoms with E-state index in [0.717, 1.165) is 13.1 Å². The molecule has 3 aliphatic rings. The minimum Gasteiger partial charge on any atom is -0.394 e.